The Kier molecular flexibility index (Phi) is 3.77. The van der Waals surface area contributed by atoms with E-state index in [2.05, 4.69) is 0 Å². The predicted molar refractivity (Wildman–Crippen MR) is 56.9 cm³/mol. The van der Waals surface area contributed by atoms with Gasteiger partial charge in [0.15, 0.2) is 0 Å². The quantitative estimate of drug-likeness (QED) is 0.603. The molecule has 0 saturated heterocycles. The zero-order valence-electron chi connectivity index (χ0n) is 7.54. The van der Waals surface area contributed by atoms with Crippen LogP contribution >= 0.6 is 11.8 Å². The van der Waals surface area contributed by atoms with E-state index in [9.17, 15) is 9.90 Å². The van der Waals surface area contributed by atoms with Crippen molar-refractivity contribution in [1.29, 1.82) is 5.26 Å². The number of carboxylic acids is 1. The van der Waals surface area contributed by atoms with Crippen molar-refractivity contribution in [3.63, 3.8) is 0 Å². The van der Waals surface area contributed by atoms with Crippen molar-refractivity contribution in [3.8, 4) is 11.2 Å². The molecule has 1 aromatic carbocycles. The number of aromatic hydroxyl groups is 1. The zero-order chi connectivity index (χ0) is 11.3. The maximum atomic E-state index is 10.7. The summed E-state index contributed by atoms with van der Waals surface area (Å²) in [7, 11) is 0. The van der Waals surface area contributed by atoms with Crippen molar-refractivity contribution in [3.05, 3.63) is 34.7 Å². The Morgan fingerprint density at radius 3 is 2.67 bits per heavy atom. The number of para-hydroxylation sites is 1. The molecule has 0 radical (unpaired) electrons. The van der Waals surface area contributed by atoms with Crippen molar-refractivity contribution >= 4 is 23.8 Å². The molecular weight excluding hydrogens is 214 g/mol. The first kappa shape index (κ1) is 11.1. The summed E-state index contributed by atoms with van der Waals surface area (Å²) in [6, 6.07) is 6.31. The molecule has 0 aliphatic heterocycles. The third-order valence-corrected chi connectivity index (χ3v) is 2.19. The molecule has 0 aromatic heterocycles. The van der Waals surface area contributed by atoms with Crippen LogP contribution in [0.15, 0.2) is 29.2 Å². The van der Waals surface area contributed by atoms with E-state index in [4.69, 9.17) is 10.4 Å². The fraction of sp³-hybridized carbons (Fsp3) is 0. The minimum Gasteiger partial charge on any atom is -0.507 e. The molecule has 1 rings (SSSR count). The van der Waals surface area contributed by atoms with Crippen molar-refractivity contribution in [1.82, 2.24) is 0 Å². The Balaban J connectivity index is 3.09. The molecular formula is C10H7NO3S. The normalized spacial score (nSPS) is 10.7. The summed E-state index contributed by atoms with van der Waals surface area (Å²) in [5.74, 6) is -1.21. The molecule has 0 fully saturated rings. The van der Waals surface area contributed by atoms with Gasteiger partial charge in [-0.25, -0.2) is 4.79 Å². The lowest BCUT2D eigenvalue weighted by atomic mass is 10.2. The van der Waals surface area contributed by atoms with Gasteiger partial charge in [-0.3, -0.25) is 0 Å². The van der Waals surface area contributed by atoms with Crippen LogP contribution in [0.1, 0.15) is 5.56 Å². The molecule has 2 N–H and O–H groups in total. The highest BCUT2D eigenvalue weighted by molar-refractivity contribution is 8.08. The first-order valence-electron chi connectivity index (χ1n) is 3.94. The van der Waals surface area contributed by atoms with Crippen LogP contribution in [0.3, 0.4) is 0 Å². The molecule has 0 atom stereocenters. The third-order valence-electron chi connectivity index (χ3n) is 1.59. The summed E-state index contributed by atoms with van der Waals surface area (Å²) in [4.78, 5) is 10.6. The van der Waals surface area contributed by atoms with E-state index in [-0.39, 0.29) is 10.7 Å². The summed E-state index contributed by atoms with van der Waals surface area (Å²) in [5, 5.41) is 28.2. The average molecular weight is 221 g/mol. The molecule has 15 heavy (non-hydrogen) atoms. The van der Waals surface area contributed by atoms with Gasteiger partial charge in [0.2, 0.25) is 0 Å². The van der Waals surface area contributed by atoms with Gasteiger partial charge in [0.25, 0.3) is 0 Å². The first-order valence-corrected chi connectivity index (χ1v) is 4.75. The minimum absolute atomic E-state index is 0.0187. The number of phenols is 1. The van der Waals surface area contributed by atoms with E-state index in [1.807, 2.05) is 0 Å². The Hall–Kier alpha value is -1.93. The van der Waals surface area contributed by atoms with Crippen molar-refractivity contribution in [2.75, 3.05) is 0 Å². The van der Waals surface area contributed by atoms with E-state index in [0.29, 0.717) is 17.3 Å². The summed E-state index contributed by atoms with van der Waals surface area (Å²) in [5.41, 5.74) is 0.373. The van der Waals surface area contributed by atoms with Crippen molar-refractivity contribution in [2.24, 2.45) is 0 Å². The van der Waals surface area contributed by atoms with Gasteiger partial charge in [-0.05, 0) is 23.9 Å². The molecule has 5 heteroatoms. The second-order valence-corrected chi connectivity index (χ2v) is 3.39. The highest BCUT2D eigenvalue weighted by atomic mass is 32.2. The molecule has 0 saturated carbocycles. The number of nitrogens with zero attached hydrogens (tertiary/aromatic N) is 1. The summed E-state index contributed by atoms with van der Waals surface area (Å²) >= 11 is 0.544. The topological polar surface area (TPSA) is 81.3 Å². The number of rotatable bonds is 3. The molecule has 0 aliphatic carbocycles. The minimum atomic E-state index is -1.19. The van der Waals surface area contributed by atoms with Gasteiger partial charge in [-0.1, -0.05) is 18.2 Å². The maximum absolute atomic E-state index is 10.7. The lowest BCUT2D eigenvalue weighted by Gasteiger charge is -1.99. The highest BCUT2D eigenvalue weighted by Crippen LogP contribution is 2.23. The van der Waals surface area contributed by atoms with Gasteiger partial charge >= 0.3 is 5.97 Å². The van der Waals surface area contributed by atoms with Crippen molar-refractivity contribution in [2.45, 2.75) is 0 Å². The second-order valence-electron chi connectivity index (χ2n) is 2.57. The van der Waals surface area contributed by atoms with E-state index in [1.165, 1.54) is 12.1 Å². The number of hydrogen-bond acceptors (Lipinski definition) is 4. The molecule has 0 aliphatic rings. The van der Waals surface area contributed by atoms with E-state index >= 15 is 0 Å². The summed E-state index contributed by atoms with van der Waals surface area (Å²) < 4.78 is 0. The van der Waals surface area contributed by atoms with Crippen LogP contribution in [0.5, 0.6) is 5.75 Å². The van der Waals surface area contributed by atoms with E-state index in [1.54, 1.807) is 23.6 Å². The number of carbonyl (C=O) groups is 1. The van der Waals surface area contributed by atoms with Gasteiger partial charge in [0.1, 0.15) is 16.1 Å². The van der Waals surface area contributed by atoms with Crippen LogP contribution < -0.4 is 0 Å². The van der Waals surface area contributed by atoms with Gasteiger partial charge in [0.05, 0.1) is 0 Å². The van der Waals surface area contributed by atoms with E-state index in [0.717, 1.165) is 0 Å². The number of thioether (sulfide) groups is 1. The standard InChI is InChI=1S/C10H7NO3S/c11-6-15-9(10(13)14)5-7-3-1-2-4-8(7)12/h1-5,12H,(H,13,14)/b9-5-. The largest absolute Gasteiger partial charge is 0.507 e. The summed E-state index contributed by atoms with van der Waals surface area (Å²) in [6.45, 7) is 0. The van der Waals surface area contributed by atoms with Gasteiger partial charge in [-0.2, -0.15) is 5.26 Å². The van der Waals surface area contributed by atoms with Crippen LogP contribution in [-0.4, -0.2) is 16.2 Å². The van der Waals surface area contributed by atoms with Crippen LogP contribution in [-0.2, 0) is 4.79 Å². The lowest BCUT2D eigenvalue weighted by Crippen LogP contribution is -1.95. The Morgan fingerprint density at radius 2 is 2.13 bits per heavy atom. The second kappa shape index (κ2) is 5.08. The van der Waals surface area contributed by atoms with Crippen LogP contribution in [0, 0.1) is 10.7 Å². The first-order chi connectivity index (χ1) is 7.15. The monoisotopic (exact) mass is 221 g/mol. The number of phenolic OH excluding ortho intramolecular Hbond substituents is 1. The maximum Gasteiger partial charge on any atom is 0.343 e. The Morgan fingerprint density at radius 1 is 1.47 bits per heavy atom. The van der Waals surface area contributed by atoms with Crippen LogP contribution in [0.2, 0.25) is 0 Å². The third kappa shape index (κ3) is 3.04. The molecule has 0 unspecified atom stereocenters. The highest BCUT2D eigenvalue weighted by Gasteiger charge is 2.08. The number of thiocyanates is 1. The summed E-state index contributed by atoms with van der Waals surface area (Å²) in [6.07, 6.45) is 1.26. The molecule has 0 heterocycles. The van der Waals surface area contributed by atoms with Gasteiger partial charge in [-0.15, -0.1) is 0 Å². The van der Waals surface area contributed by atoms with Gasteiger partial charge < -0.3 is 10.2 Å². The van der Waals surface area contributed by atoms with Crippen molar-refractivity contribution < 1.29 is 15.0 Å². The number of aliphatic carboxylic acids is 1. The lowest BCUT2D eigenvalue weighted by molar-refractivity contribution is -0.131. The van der Waals surface area contributed by atoms with Gasteiger partial charge in [0, 0.05) is 5.56 Å². The van der Waals surface area contributed by atoms with Crippen LogP contribution in [0.4, 0.5) is 0 Å². The smallest absolute Gasteiger partial charge is 0.343 e. The molecule has 1 aromatic rings. The van der Waals surface area contributed by atoms with E-state index < -0.39 is 5.97 Å². The number of hydrogen-bond donors (Lipinski definition) is 2. The molecule has 0 amide bonds. The number of nitriles is 1. The molecule has 4 nitrogen and oxygen atoms in total. The Labute approximate surface area is 90.5 Å². The predicted octanol–water partition coefficient (Wildman–Crippen LogP) is 2.03. The number of benzene rings is 1. The molecule has 0 spiro atoms. The SMILES string of the molecule is N#CS/C(=C\c1ccccc1O)C(=O)O. The fourth-order valence-corrected chi connectivity index (χ4v) is 1.31. The molecule has 76 valence electrons. The average Bonchev–Trinajstić information content (AvgIpc) is 2.20. The zero-order valence-corrected chi connectivity index (χ0v) is 8.36. The molecule has 0 bridgehead atoms. The number of carboxylic acid groups (broad SMARTS) is 1. The Bertz CT molecular complexity index is 448. The fourth-order valence-electron chi connectivity index (χ4n) is 0.935. The van der Waals surface area contributed by atoms with Crippen LogP contribution in [0.25, 0.3) is 6.08 Å².